The summed E-state index contributed by atoms with van der Waals surface area (Å²) in [7, 11) is 0. The fraction of sp³-hybridized carbons (Fsp3) is 0.391. The average Bonchev–Trinajstić information content (AvgIpc) is 3.08. The van der Waals surface area contributed by atoms with E-state index >= 15 is 0 Å². The van der Waals surface area contributed by atoms with Gasteiger partial charge in [-0.3, -0.25) is 9.59 Å². The predicted molar refractivity (Wildman–Crippen MR) is 119 cm³/mol. The lowest BCUT2D eigenvalue weighted by Crippen LogP contribution is -2.46. The first-order chi connectivity index (χ1) is 14.0. The number of carbonyl (C=O) groups is 2. The number of carbonyl (C=O) groups excluding carboxylic acids is 2. The molecule has 0 radical (unpaired) electrons. The standard InChI is InChI=1S/C23H25ClN2O2S/c1-16-14-19(25-21(27)17-8-3-4-9-18(17)24)29-20(16)22(28)26-13-7-12-23(15-26)10-5-2-6-11-23/h2-5,8-9,14H,6-7,10-13,15H2,1H3,(H,25,27). The van der Waals surface area contributed by atoms with Gasteiger partial charge in [-0.05, 0) is 68.2 Å². The van der Waals surface area contributed by atoms with Crippen LogP contribution >= 0.6 is 22.9 Å². The molecule has 0 saturated carbocycles. The monoisotopic (exact) mass is 428 g/mol. The van der Waals surface area contributed by atoms with Gasteiger partial charge in [-0.15, -0.1) is 11.3 Å². The number of likely N-dealkylation sites (tertiary alicyclic amines) is 1. The molecule has 2 aromatic rings. The fourth-order valence-corrected chi connectivity index (χ4v) is 5.68. The average molecular weight is 429 g/mol. The topological polar surface area (TPSA) is 49.4 Å². The Labute approximate surface area is 180 Å². The highest BCUT2D eigenvalue weighted by Gasteiger charge is 2.37. The number of thiophene rings is 1. The Bertz CT molecular complexity index is 968. The van der Waals surface area contributed by atoms with Gasteiger partial charge in [0.1, 0.15) is 0 Å². The van der Waals surface area contributed by atoms with Crippen LogP contribution < -0.4 is 5.32 Å². The molecule has 1 aliphatic heterocycles. The number of hydrogen-bond donors (Lipinski definition) is 1. The maximum Gasteiger partial charge on any atom is 0.264 e. The number of aryl methyl sites for hydroxylation is 1. The molecule has 1 aliphatic carbocycles. The van der Waals surface area contributed by atoms with E-state index in [1.54, 1.807) is 24.3 Å². The Morgan fingerprint density at radius 1 is 1.21 bits per heavy atom. The molecule has 29 heavy (non-hydrogen) atoms. The van der Waals surface area contributed by atoms with E-state index < -0.39 is 0 Å². The first kappa shape index (κ1) is 20.2. The highest BCUT2D eigenvalue weighted by Crippen LogP contribution is 2.41. The molecule has 1 aromatic carbocycles. The van der Waals surface area contributed by atoms with Crippen LogP contribution in [0, 0.1) is 12.3 Å². The van der Waals surface area contributed by atoms with E-state index in [2.05, 4.69) is 17.5 Å². The second-order valence-electron chi connectivity index (χ2n) is 8.10. The Hall–Kier alpha value is -2.11. The molecule has 1 spiro atoms. The third-order valence-electron chi connectivity index (χ3n) is 5.97. The number of hydrogen-bond acceptors (Lipinski definition) is 3. The molecule has 0 bridgehead atoms. The first-order valence-corrected chi connectivity index (χ1v) is 11.3. The number of allylic oxidation sites excluding steroid dienone is 2. The number of halogens is 1. The summed E-state index contributed by atoms with van der Waals surface area (Å²) in [6.45, 7) is 3.57. The third kappa shape index (κ3) is 4.26. The van der Waals surface area contributed by atoms with Gasteiger partial charge in [0.25, 0.3) is 11.8 Å². The molecule has 4 rings (SSSR count). The lowest BCUT2D eigenvalue weighted by atomic mass is 9.71. The van der Waals surface area contributed by atoms with Crippen LogP contribution in [-0.2, 0) is 0 Å². The SMILES string of the molecule is Cc1cc(NC(=O)c2ccccc2Cl)sc1C(=O)N1CCCC2(CC=CCC2)C1. The van der Waals surface area contributed by atoms with Crippen molar-refractivity contribution in [1.29, 1.82) is 0 Å². The van der Waals surface area contributed by atoms with Crippen LogP contribution in [0.4, 0.5) is 5.00 Å². The highest BCUT2D eigenvalue weighted by atomic mass is 35.5. The highest BCUT2D eigenvalue weighted by molar-refractivity contribution is 7.18. The number of rotatable bonds is 3. The maximum atomic E-state index is 13.3. The van der Waals surface area contributed by atoms with Crippen molar-refractivity contribution in [2.45, 2.75) is 39.0 Å². The van der Waals surface area contributed by atoms with Crippen molar-refractivity contribution < 1.29 is 9.59 Å². The fourth-order valence-electron chi connectivity index (χ4n) is 4.42. The molecule has 1 unspecified atom stereocenters. The van der Waals surface area contributed by atoms with Crippen molar-refractivity contribution in [2.24, 2.45) is 5.41 Å². The van der Waals surface area contributed by atoms with Gasteiger partial charge >= 0.3 is 0 Å². The van der Waals surface area contributed by atoms with Crippen molar-refractivity contribution in [3.05, 3.63) is 63.5 Å². The summed E-state index contributed by atoms with van der Waals surface area (Å²) in [6, 6.07) is 8.82. The van der Waals surface area contributed by atoms with E-state index in [4.69, 9.17) is 11.6 Å². The van der Waals surface area contributed by atoms with Crippen LogP contribution in [0.25, 0.3) is 0 Å². The number of piperidine rings is 1. The van der Waals surface area contributed by atoms with Crippen LogP contribution in [-0.4, -0.2) is 29.8 Å². The molecule has 4 nitrogen and oxygen atoms in total. The summed E-state index contributed by atoms with van der Waals surface area (Å²) >= 11 is 7.47. The number of amides is 2. The van der Waals surface area contributed by atoms with Crippen molar-refractivity contribution in [3.63, 3.8) is 0 Å². The molecule has 1 saturated heterocycles. The van der Waals surface area contributed by atoms with Crippen molar-refractivity contribution in [1.82, 2.24) is 4.90 Å². The number of benzene rings is 1. The Morgan fingerprint density at radius 3 is 2.79 bits per heavy atom. The van der Waals surface area contributed by atoms with Crippen LogP contribution in [0.2, 0.25) is 5.02 Å². The quantitative estimate of drug-likeness (QED) is 0.616. The van der Waals surface area contributed by atoms with Gasteiger partial charge in [0.15, 0.2) is 0 Å². The zero-order valence-electron chi connectivity index (χ0n) is 16.5. The lowest BCUT2D eigenvalue weighted by molar-refractivity contribution is 0.0488. The maximum absolute atomic E-state index is 13.3. The normalized spacial score (nSPS) is 21.4. The molecule has 1 aromatic heterocycles. The van der Waals surface area contributed by atoms with Crippen molar-refractivity contribution in [3.8, 4) is 0 Å². The third-order valence-corrected chi connectivity index (χ3v) is 7.44. The molecule has 2 amide bonds. The lowest BCUT2D eigenvalue weighted by Gasteiger charge is -2.43. The Morgan fingerprint density at radius 2 is 2.03 bits per heavy atom. The van der Waals surface area contributed by atoms with Gasteiger partial charge < -0.3 is 10.2 Å². The summed E-state index contributed by atoms with van der Waals surface area (Å²) in [5, 5.41) is 3.97. The largest absolute Gasteiger partial charge is 0.337 e. The minimum absolute atomic E-state index is 0.0828. The van der Waals surface area contributed by atoms with Crippen molar-refractivity contribution >= 4 is 39.8 Å². The molecule has 2 aliphatic rings. The van der Waals surface area contributed by atoms with E-state index in [1.165, 1.54) is 17.8 Å². The smallest absolute Gasteiger partial charge is 0.264 e. The summed E-state index contributed by atoms with van der Waals surface area (Å²) in [4.78, 5) is 28.5. The summed E-state index contributed by atoms with van der Waals surface area (Å²) < 4.78 is 0. The zero-order valence-corrected chi connectivity index (χ0v) is 18.1. The van der Waals surface area contributed by atoms with Crippen molar-refractivity contribution in [2.75, 3.05) is 18.4 Å². The van der Waals surface area contributed by atoms with Crippen LogP contribution in [0.3, 0.4) is 0 Å². The van der Waals surface area contributed by atoms with Crippen LogP contribution in [0.15, 0.2) is 42.5 Å². The predicted octanol–water partition coefficient (Wildman–Crippen LogP) is 5.92. The molecule has 1 fully saturated rings. The second kappa shape index (κ2) is 8.33. The molecular weight excluding hydrogens is 404 g/mol. The zero-order chi connectivity index (χ0) is 20.4. The van der Waals surface area contributed by atoms with Gasteiger partial charge in [-0.25, -0.2) is 0 Å². The molecular formula is C23H25ClN2O2S. The van der Waals surface area contributed by atoms with Gasteiger partial charge in [0, 0.05) is 13.1 Å². The van der Waals surface area contributed by atoms with Crippen LogP contribution in [0.1, 0.15) is 57.7 Å². The molecule has 1 atom stereocenters. The number of nitrogens with one attached hydrogen (secondary N) is 1. The van der Waals surface area contributed by atoms with E-state index in [9.17, 15) is 9.59 Å². The molecule has 152 valence electrons. The van der Waals surface area contributed by atoms with Gasteiger partial charge in [0.2, 0.25) is 0 Å². The Balaban J connectivity index is 1.49. The summed E-state index contributed by atoms with van der Waals surface area (Å²) in [5.41, 5.74) is 1.57. The first-order valence-electron chi connectivity index (χ1n) is 10.1. The van der Waals surface area contributed by atoms with Gasteiger partial charge in [-0.2, -0.15) is 0 Å². The second-order valence-corrected chi connectivity index (χ2v) is 9.56. The summed E-state index contributed by atoms with van der Waals surface area (Å²) in [6.07, 6.45) is 10.1. The van der Waals surface area contributed by atoms with E-state index in [0.29, 0.717) is 20.5 Å². The van der Waals surface area contributed by atoms with Gasteiger partial charge in [-0.1, -0.05) is 35.9 Å². The molecule has 1 N–H and O–H groups in total. The molecule has 2 heterocycles. The number of anilines is 1. The van der Waals surface area contributed by atoms with E-state index in [-0.39, 0.29) is 17.2 Å². The molecule has 6 heteroatoms. The van der Waals surface area contributed by atoms with E-state index in [1.807, 2.05) is 17.9 Å². The summed E-state index contributed by atoms with van der Waals surface area (Å²) in [5.74, 6) is -0.180. The minimum Gasteiger partial charge on any atom is -0.337 e. The van der Waals surface area contributed by atoms with Gasteiger partial charge in [0.05, 0.1) is 20.5 Å². The Kier molecular flexibility index (Phi) is 5.79. The van der Waals surface area contributed by atoms with Crippen LogP contribution in [0.5, 0.6) is 0 Å². The van der Waals surface area contributed by atoms with E-state index in [0.717, 1.165) is 44.3 Å². The number of nitrogens with zero attached hydrogens (tertiary/aromatic N) is 1. The minimum atomic E-state index is -0.262.